The van der Waals surface area contributed by atoms with E-state index in [1.807, 2.05) is 11.8 Å². The molecule has 0 saturated carbocycles. The van der Waals surface area contributed by atoms with Crippen LogP contribution < -0.4 is 4.90 Å². The third-order valence-corrected chi connectivity index (χ3v) is 5.20. The Morgan fingerprint density at radius 1 is 1.05 bits per heavy atom. The van der Waals surface area contributed by atoms with Crippen LogP contribution in [-0.2, 0) is 0 Å². The molecule has 1 heterocycles. The minimum atomic E-state index is 1.04. The van der Waals surface area contributed by atoms with Crippen LogP contribution in [0.25, 0.3) is 0 Å². The van der Waals surface area contributed by atoms with Crippen LogP contribution in [0.5, 0.6) is 0 Å². The van der Waals surface area contributed by atoms with Crippen molar-refractivity contribution in [3.63, 3.8) is 0 Å². The van der Waals surface area contributed by atoms with Crippen LogP contribution in [0.2, 0.25) is 0 Å². The third kappa shape index (κ3) is 3.28. The van der Waals surface area contributed by atoms with Crippen LogP contribution in [0.4, 0.5) is 11.4 Å². The molecular weight excluding hydrogens is 344 g/mol. The fourth-order valence-electron chi connectivity index (χ4n) is 2.59. The highest BCUT2D eigenvalue weighted by Crippen LogP contribution is 2.48. The number of para-hydroxylation sites is 1. The Labute approximate surface area is 139 Å². The second-order valence-corrected chi connectivity index (χ2v) is 7.49. The lowest BCUT2D eigenvalue weighted by molar-refractivity contribution is 0.402. The maximum Gasteiger partial charge on any atom is 0.0564 e. The van der Waals surface area contributed by atoms with E-state index in [4.69, 9.17) is 0 Å². The van der Waals surface area contributed by atoms with Crippen molar-refractivity contribution in [1.82, 2.24) is 4.90 Å². The van der Waals surface area contributed by atoms with Crippen LogP contribution in [0.3, 0.4) is 0 Å². The van der Waals surface area contributed by atoms with Crippen molar-refractivity contribution in [2.24, 2.45) is 0 Å². The second kappa shape index (κ2) is 6.42. The number of halogens is 1. The minimum absolute atomic E-state index is 1.04. The van der Waals surface area contributed by atoms with E-state index in [0.717, 1.165) is 24.0 Å². The second-order valence-electron chi connectivity index (χ2n) is 5.49. The quantitative estimate of drug-likeness (QED) is 0.755. The summed E-state index contributed by atoms with van der Waals surface area (Å²) in [5, 5.41) is 0. The van der Waals surface area contributed by atoms with E-state index in [9.17, 15) is 0 Å². The molecule has 0 unspecified atom stereocenters. The number of benzene rings is 2. The molecule has 0 N–H and O–H groups in total. The maximum atomic E-state index is 3.61. The van der Waals surface area contributed by atoms with E-state index in [1.54, 1.807) is 0 Å². The van der Waals surface area contributed by atoms with Gasteiger partial charge in [0.15, 0.2) is 0 Å². The van der Waals surface area contributed by atoms with Gasteiger partial charge in [0.1, 0.15) is 0 Å². The van der Waals surface area contributed by atoms with Crippen LogP contribution in [0.15, 0.2) is 56.7 Å². The molecule has 3 rings (SSSR count). The molecule has 2 aromatic carbocycles. The summed E-state index contributed by atoms with van der Waals surface area (Å²) >= 11 is 5.47. The van der Waals surface area contributed by atoms with Crippen molar-refractivity contribution < 1.29 is 0 Å². The zero-order chi connectivity index (χ0) is 14.8. The summed E-state index contributed by atoms with van der Waals surface area (Å²) in [4.78, 5) is 7.38. The zero-order valence-corrected chi connectivity index (χ0v) is 14.7. The molecule has 0 amide bonds. The SMILES string of the molecule is CN(C)CCCN1c2ccccc2Sc2ccc(Br)cc21. The molecule has 1 aliphatic rings. The Balaban J connectivity index is 1.94. The van der Waals surface area contributed by atoms with E-state index in [-0.39, 0.29) is 0 Å². The lowest BCUT2D eigenvalue weighted by Gasteiger charge is -2.33. The molecule has 21 heavy (non-hydrogen) atoms. The Hall–Kier alpha value is -0.970. The highest BCUT2D eigenvalue weighted by atomic mass is 79.9. The smallest absolute Gasteiger partial charge is 0.0564 e. The van der Waals surface area contributed by atoms with Gasteiger partial charge in [-0.25, -0.2) is 0 Å². The number of hydrogen-bond donors (Lipinski definition) is 0. The first-order valence-electron chi connectivity index (χ1n) is 7.14. The minimum Gasteiger partial charge on any atom is -0.340 e. The number of hydrogen-bond acceptors (Lipinski definition) is 3. The zero-order valence-electron chi connectivity index (χ0n) is 12.3. The standard InChI is InChI=1S/C17H19BrN2S/c1-19(2)10-5-11-20-14-6-3-4-7-16(14)21-17-9-8-13(18)12-15(17)20/h3-4,6-9,12H,5,10-11H2,1-2H3. The molecule has 0 aliphatic carbocycles. The number of fused-ring (bicyclic) bond motifs is 2. The summed E-state index contributed by atoms with van der Waals surface area (Å²) in [6.07, 6.45) is 1.15. The molecule has 0 saturated heterocycles. The first kappa shape index (κ1) is 14.9. The highest BCUT2D eigenvalue weighted by molar-refractivity contribution is 9.10. The van der Waals surface area contributed by atoms with Crippen molar-refractivity contribution in [2.45, 2.75) is 16.2 Å². The monoisotopic (exact) mass is 362 g/mol. The summed E-state index contributed by atoms with van der Waals surface area (Å²) in [6.45, 7) is 2.15. The Morgan fingerprint density at radius 2 is 1.81 bits per heavy atom. The maximum absolute atomic E-state index is 3.61. The molecule has 0 radical (unpaired) electrons. The molecule has 1 aliphatic heterocycles. The van der Waals surface area contributed by atoms with E-state index < -0.39 is 0 Å². The summed E-state index contributed by atoms with van der Waals surface area (Å²) in [5.74, 6) is 0. The van der Waals surface area contributed by atoms with Crippen molar-refractivity contribution in [3.8, 4) is 0 Å². The van der Waals surface area contributed by atoms with E-state index in [1.165, 1.54) is 21.2 Å². The molecule has 0 aromatic heterocycles. The lowest BCUT2D eigenvalue weighted by atomic mass is 10.2. The summed E-state index contributed by atoms with van der Waals surface area (Å²) < 4.78 is 1.14. The van der Waals surface area contributed by atoms with Crippen molar-refractivity contribution >= 4 is 39.1 Å². The average Bonchev–Trinajstić information content (AvgIpc) is 2.46. The predicted octanol–water partition coefficient (Wildman–Crippen LogP) is 5.00. The van der Waals surface area contributed by atoms with Gasteiger partial charge in [0, 0.05) is 20.8 Å². The molecular formula is C17H19BrN2S. The molecule has 2 aromatic rings. The predicted molar refractivity (Wildman–Crippen MR) is 94.9 cm³/mol. The Morgan fingerprint density at radius 3 is 2.62 bits per heavy atom. The molecule has 110 valence electrons. The van der Waals surface area contributed by atoms with Gasteiger partial charge in [-0.1, -0.05) is 39.8 Å². The first-order valence-corrected chi connectivity index (χ1v) is 8.75. The molecule has 0 spiro atoms. The lowest BCUT2D eigenvalue weighted by Crippen LogP contribution is -2.25. The van der Waals surface area contributed by atoms with Crippen LogP contribution in [-0.4, -0.2) is 32.1 Å². The largest absolute Gasteiger partial charge is 0.340 e. The van der Waals surface area contributed by atoms with E-state index in [0.29, 0.717) is 0 Å². The van der Waals surface area contributed by atoms with Gasteiger partial charge in [0.2, 0.25) is 0 Å². The molecule has 0 atom stereocenters. The molecule has 2 nitrogen and oxygen atoms in total. The normalized spacial score (nSPS) is 13.2. The highest BCUT2D eigenvalue weighted by Gasteiger charge is 2.22. The van der Waals surface area contributed by atoms with Gasteiger partial charge in [0.05, 0.1) is 11.4 Å². The summed E-state index contributed by atoms with van der Waals surface area (Å²) in [7, 11) is 4.26. The number of anilines is 2. The summed E-state index contributed by atoms with van der Waals surface area (Å²) in [6, 6.07) is 15.2. The summed E-state index contributed by atoms with van der Waals surface area (Å²) in [5.41, 5.74) is 2.64. The average molecular weight is 363 g/mol. The third-order valence-electron chi connectivity index (χ3n) is 3.57. The fraction of sp³-hybridized carbons (Fsp3) is 0.294. The van der Waals surface area contributed by atoms with Gasteiger partial charge in [-0.3, -0.25) is 0 Å². The fourth-order valence-corrected chi connectivity index (χ4v) is 4.01. The van der Waals surface area contributed by atoms with Gasteiger partial charge in [-0.2, -0.15) is 0 Å². The topological polar surface area (TPSA) is 6.48 Å². The van der Waals surface area contributed by atoms with Crippen LogP contribution in [0.1, 0.15) is 6.42 Å². The molecule has 0 bridgehead atoms. The Bertz CT molecular complexity index is 642. The van der Waals surface area contributed by atoms with Crippen LogP contribution >= 0.6 is 27.7 Å². The van der Waals surface area contributed by atoms with E-state index >= 15 is 0 Å². The number of rotatable bonds is 4. The van der Waals surface area contributed by atoms with Crippen molar-refractivity contribution in [3.05, 3.63) is 46.9 Å². The van der Waals surface area contributed by atoms with Gasteiger partial charge in [0.25, 0.3) is 0 Å². The Kier molecular flexibility index (Phi) is 4.57. The van der Waals surface area contributed by atoms with Gasteiger partial charge in [-0.05, 0) is 57.4 Å². The first-order chi connectivity index (χ1) is 10.1. The van der Waals surface area contributed by atoms with E-state index in [2.05, 4.69) is 82.3 Å². The van der Waals surface area contributed by atoms with Crippen LogP contribution in [0, 0.1) is 0 Å². The van der Waals surface area contributed by atoms with Crippen molar-refractivity contribution in [1.29, 1.82) is 0 Å². The van der Waals surface area contributed by atoms with Gasteiger partial charge >= 0.3 is 0 Å². The number of nitrogens with zero attached hydrogens (tertiary/aromatic N) is 2. The van der Waals surface area contributed by atoms with Gasteiger partial charge < -0.3 is 9.80 Å². The molecule has 4 heteroatoms. The van der Waals surface area contributed by atoms with Gasteiger partial charge in [-0.15, -0.1) is 0 Å². The van der Waals surface area contributed by atoms with Crippen molar-refractivity contribution in [2.75, 3.05) is 32.1 Å². The molecule has 0 fully saturated rings.